The van der Waals surface area contributed by atoms with E-state index in [-0.39, 0.29) is 29.4 Å². The van der Waals surface area contributed by atoms with Crippen molar-refractivity contribution in [2.24, 2.45) is 16.8 Å². The fourth-order valence-electron chi connectivity index (χ4n) is 3.67. The minimum atomic E-state index is -5.08. The number of rotatable bonds is 5. The maximum atomic E-state index is 13.2. The topological polar surface area (TPSA) is 105 Å². The van der Waals surface area contributed by atoms with Gasteiger partial charge >= 0.3 is 18.1 Å². The van der Waals surface area contributed by atoms with Crippen LogP contribution in [0.1, 0.15) is 29.6 Å². The third-order valence-corrected chi connectivity index (χ3v) is 6.48. The number of benzene rings is 1. The van der Waals surface area contributed by atoms with Crippen molar-refractivity contribution in [3.8, 4) is 0 Å². The number of carboxylic acids is 1. The van der Waals surface area contributed by atoms with E-state index in [9.17, 15) is 31.5 Å². The van der Waals surface area contributed by atoms with Gasteiger partial charge < -0.3 is 15.2 Å². The van der Waals surface area contributed by atoms with Crippen LogP contribution >= 0.6 is 11.8 Å². The van der Waals surface area contributed by atoms with Crippen molar-refractivity contribution >= 4 is 34.8 Å². The number of aliphatic imine (C=N–C) groups is 1. The first kappa shape index (κ1) is 25.7. The van der Waals surface area contributed by atoms with E-state index in [2.05, 4.69) is 22.5 Å². The highest BCUT2D eigenvalue weighted by atomic mass is 32.2. The van der Waals surface area contributed by atoms with E-state index >= 15 is 0 Å². The van der Waals surface area contributed by atoms with E-state index in [1.807, 2.05) is 0 Å². The molecule has 13 heteroatoms. The van der Waals surface area contributed by atoms with Crippen LogP contribution in [-0.2, 0) is 14.3 Å². The van der Waals surface area contributed by atoms with Crippen LogP contribution in [0.5, 0.6) is 0 Å². The van der Waals surface area contributed by atoms with Crippen LogP contribution in [0.15, 0.2) is 35.3 Å². The summed E-state index contributed by atoms with van der Waals surface area (Å²) in [7, 11) is 0. The van der Waals surface area contributed by atoms with Crippen molar-refractivity contribution in [3.05, 3.63) is 47.5 Å². The number of thioether (sulfide) groups is 1. The molecule has 0 aromatic heterocycles. The molecule has 2 bridgehead atoms. The maximum Gasteiger partial charge on any atom is 0.490 e. The number of hydrogen-bond acceptors (Lipinski definition) is 6. The number of esters is 1. The SMILES string of the molecule is O=C(O)C(F)(F)F.O=C(OCCC1SC(=NC2CC3C=CC2C3)NC1=O)c1ccc(F)c(F)c1. The van der Waals surface area contributed by atoms with Crippen LogP contribution in [0.2, 0.25) is 0 Å². The average molecular weight is 506 g/mol. The molecule has 4 rings (SSSR count). The van der Waals surface area contributed by atoms with E-state index in [1.165, 1.54) is 11.8 Å². The number of ether oxygens (including phenoxy) is 1. The Morgan fingerprint density at radius 3 is 2.44 bits per heavy atom. The van der Waals surface area contributed by atoms with E-state index in [1.54, 1.807) is 0 Å². The summed E-state index contributed by atoms with van der Waals surface area (Å²) in [4.78, 5) is 37.5. The van der Waals surface area contributed by atoms with Crippen LogP contribution in [0.3, 0.4) is 0 Å². The van der Waals surface area contributed by atoms with Gasteiger partial charge in [0.1, 0.15) is 0 Å². The number of aliphatic carboxylic acids is 1. The molecular weight excluding hydrogens is 487 g/mol. The Morgan fingerprint density at radius 1 is 1.18 bits per heavy atom. The molecule has 1 aromatic rings. The molecule has 4 atom stereocenters. The molecule has 1 saturated heterocycles. The standard InChI is InChI=1S/C19H18F2N2O3S.C2HF3O2/c20-13-4-3-12(9-14(13)21)18(25)26-6-5-16-17(24)23-19(27-16)22-15-8-10-1-2-11(15)7-10;3-2(4,5)1(6)7/h1-4,9-11,15-16H,5-8H2,(H,22,23,24);(H,6,7). The number of allylic oxidation sites excluding steroid dienone is 1. The molecule has 0 spiro atoms. The highest BCUT2D eigenvalue weighted by molar-refractivity contribution is 8.15. The lowest BCUT2D eigenvalue weighted by molar-refractivity contribution is -0.192. The average Bonchev–Trinajstić information content (AvgIpc) is 3.46. The highest BCUT2D eigenvalue weighted by Crippen LogP contribution is 2.41. The Bertz CT molecular complexity index is 1030. The van der Waals surface area contributed by atoms with Gasteiger partial charge in [-0.05, 0) is 42.9 Å². The van der Waals surface area contributed by atoms with Crippen LogP contribution in [0, 0.1) is 23.5 Å². The number of fused-ring (bicyclic) bond motifs is 2. The van der Waals surface area contributed by atoms with E-state index in [0.717, 1.165) is 31.0 Å². The third-order valence-electron chi connectivity index (χ3n) is 5.31. The van der Waals surface area contributed by atoms with Gasteiger partial charge in [-0.2, -0.15) is 13.2 Å². The van der Waals surface area contributed by atoms with Gasteiger partial charge in [0, 0.05) is 6.42 Å². The third kappa shape index (κ3) is 6.55. The van der Waals surface area contributed by atoms with Crippen molar-refractivity contribution in [2.75, 3.05) is 6.61 Å². The molecule has 2 fully saturated rings. The van der Waals surface area contributed by atoms with Crippen LogP contribution in [0.4, 0.5) is 22.0 Å². The van der Waals surface area contributed by atoms with Crippen LogP contribution in [0.25, 0.3) is 0 Å². The van der Waals surface area contributed by atoms with Crippen molar-refractivity contribution in [1.29, 1.82) is 0 Å². The zero-order valence-corrected chi connectivity index (χ0v) is 18.2. The number of nitrogens with zero attached hydrogens (tertiary/aromatic N) is 1. The second kappa shape index (κ2) is 10.5. The summed E-state index contributed by atoms with van der Waals surface area (Å²) in [6.07, 6.45) is 1.86. The zero-order valence-electron chi connectivity index (χ0n) is 17.4. The summed E-state index contributed by atoms with van der Waals surface area (Å²) < 4.78 is 62.9. The summed E-state index contributed by atoms with van der Waals surface area (Å²) in [5.41, 5.74) is -0.0657. The van der Waals surface area contributed by atoms with Gasteiger partial charge in [0.25, 0.3) is 0 Å². The lowest BCUT2D eigenvalue weighted by Crippen LogP contribution is -2.27. The maximum absolute atomic E-state index is 13.2. The smallest absolute Gasteiger partial charge is 0.475 e. The molecule has 2 aliphatic carbocycles. The fourth-order valence-corrected chi connectivity index (χ4v) is 4.68. The monoisotopic (exact) mass is 506 g/mol. The molecule has 7 nitrogen and oxygen atoms in total. The van der Waals surface area contributed by atoms with Gasteiger partial charge in [0.05, 0.1) is 23.5 Å². The van der Waals surface area contributed by atoms with Crippen molar-refractivity contribution in [1.82, 2.24) is 5.32 Å². The first-order valence-electron chi connectivity index (χ1n) is 10.1. The first-order valence-corrected chi connectivity index (χ1v) is 11.0. The fraction of sp³-hybridized carbons (Fsp3) is 0.429. The molecule has 2 N–H and O–H groups in total. The highest BCUT2D eigenvalue weighted by Gasteiger charge is 2.38. The molecule has 1 aliphatic heterocycles. The number of amidine groups is 1. The summed E-state index contributed by atoms with van der Waals surface area (Å²) in [6, 6.07) is 3.06. The second-order valence-corrected chi connectivity index (χ2v) is 8.93. The number of amides is 1. The van der Waals surface area contributed by atoms with Gasteiger partial charge in [-0.25, -0.2) is 18.4 Å². The summed E-state index contributed by atoms with van der Waals surface area (Å²) in [5, 5.41) is 10.2. The van der Waals surface area contributed by atoms with Gasteiger partial charge in [0.2, 0.25) is 5.91 Å². The Morgan fingerprint density at radius 2 is 1.88 bits per heavy atom. The van der Waals surface area contributed by atoms with E-state index in [0.29, 0.717) is 23.4 Å². The van der Waals surface area contributed by atoms with Gasteiger partial charge in [-0.15, -0.1) is 0 Å². The quantitative estimate of drug-likeness (QED) is 0.359. The van der Waals surface area contributed by atoms with Gasteiger partial charge in [0.15, 0.2) is 16.8 Å². The second-order valence-electron chi connectivity index (χ2n) is 7.73. The number of carbonyl (C=O) groups is 3. The van der Waals surface area contributed by atoms with Crippen molar-refractivity contribution in [3.63, 3.8) is 0 Å². The van der Waals surface area contributed by atoms with E-state index in [4.69, 9.17) is 14.6 Å². The Balaban J connectivity index is 0.000000406. The number of halogens is 5. The normalized spacial score (nSPS) is 26.3. The summed E-state index contributed by atoms with van der Waals surface area (Å²) >= 11 is 1.35. The first-order chi connectivity index (χ1) is 15.9. The van der Waals surface area contributed by atoms with Crippen molar-refractivity contribution < 1.29 is 46.2 Å². The number of alkyl halides is 3. The lowest BCUT2D eigenvalue weighted by Gasteiger charge is -2.13. The largest absolute Gasteiger partial charge is 0.490 e. The molecular formula is C21H19F5N2O5S. The Kier molecular flexibility index (Phi) is 7.95. The molecule has 1 amide bonds. The molecule has 184 valence electrons. The number of hydrogen-bond donors (Lipinski definition) is 2. The Hall–Kier alpha value is -2.96. The molecule has 1 saturated carbocycles. The molecule has 3 aliphatic rings. The van der Waals surface area contributed by atoms with Crippen LogP contribution < -0.4 is 5.32 Å². The predicted molar refractivity (Wildman–Crippen MR) is 111 cm³/mol. The molecule has 4 unspecified atom stereocenters. The van der Waals surface area contributed by atoms with E-state index < -0.39 is 29.7 Å². The molecule has 1 aromatic carbocycles. The number of nitrogens with one attached hydrogen (secondary N) is 1. The Labute approximate surface area is 194 Å². The van der Waals surface area contributed by atoms with Gasteiger partial charge in [-0.1, -0.05) is 23.9 Å². The minimum Gasteiger partial charge on any atom is -0.475 e. The predicted octanol–water partition coefficient (Wildman–Crippen LogP) is 3.70. The van der Waals surface area contributed by atoms with Crippen LogP contribution in [-0.4, -0.2) is 52.2 Å². The molecule has 34 heavy (non-hydrogen) atoms. The minimum absolute atomic E-state index is 0.00700. The zero-order chi connectivity index (χ0) is 25.0. The van der Waals surface area contributed by atoms with Gasteiger partial charge in [-0.3, -0.25) is 9.79 Å². The number of carboxylic acid groups (broad SMARTS) is 1. The van der Waals surface area contributed by atoms with Crippen molar-refractivity contribution in [2.45, 2.75) is 36.7 Å². The summed E-state index contributed by atoms with van der Waals surface area (Å²) in [5.74, 6) is -4.71. The summed E-state index contributed by atoms with van der Waals surface area (Å²) in [6.45, 7) is 0.00700. The molecule has 0 radical (unpaired) electrons. The number of carbonyl (C=O) groups excluding carboxylic acids is 2. The lowest BCUT2D eigenvalue weighted by atomic mass is 10.0. The molecule has 1 heterocycles.